The number of para-hydroxylation sites is 2. The monoisotopic (exact) mass is 512 g/mol. The fourth-order valence-corrected chi connectivity index (χ4v) is 6.01. The molecule has 1 unspecified atom stereocenters. The van der Waals surface area contributed by atoms with Gasteiger partial charge in [0.1, 0.15) is 0 Å². The van der Waals surface area contributed by atoms with Crippen LogP contribution in [0.5, 0.6) is 5.75 Å². The van der Waals surface area contributed by atoms with E-state index in [9.17, 15) is 14.7 Å². The lowest BCUT2D eigenvalue weighted by Gasteiger charge is -2.25. The molecular formula is C29H24N2O5S. The molecular weight excluding hydrogens is 488 g/mol. The van der Waals surface area contributed by atoms with Gasteiger partial charge in [-0.2, -0.15) is 0 Å². The van der Waals surface area contributed by atoms with Crippen molar-refractivity contribution in [3.8, 4) is 5.75 Å². The van der Waals surface area contributed by atoms with E-state index >= 15 is 0 Å². The molecule has 7 nitrogen and oxygen atoms in total. The Bertz CT molecular complexity index is 1690. The van der Waals surface area contributed by atoms with E-state index in [1.165, 1.54) is 18.4 Å². The van der Waals surface area contributed by atoms with Gasteiger partial charge >= 0.3 is 0 Å². The van der Waals surface area contributed by atoms with Crippen molar-refractivity contribution in [1.29, 1.82) is 0 Å². The number of hydrogen-bond acceptors (Lipinski definition) is 6. The zero-order valence-electron chi connectivity index (χ0n) is 20.3. The molecule has 186 valence electrons. The van der Waals surface area contributed by atoms with Crippen molar-refractivity contribution in [1.82, 2.24) is 9.47 Å². The van der Waals surface area contributed by atoms with Crippen LogP contribution in [-0.2, 0) is 18.3 Å². The summed E-state index contributed by atoms with van der Waals surface area (Å²) in [6.45, 7) is 0.338. The number of aliphatic hydroxyl groups is 1. The van der Waals surface area contributed by atoms with E-state index in [4.69, 9.17) is 9.15 Å². The van der Waals surface area contributed by atoms with E-state index in [0.29, 0.717) is 29.7 Å². The number of aryl methyl sites for hydroxylation is 1. The summed E-state index contributed by atoms with van der Waals surface area (Å²) >= 11 is 1.44. The SMILES string of the molecule is COc1cccc2cc(C(=O)C3=C(O)C(=O)N(CCc4cn(C)c5ccccc45)C3c3cccs3)oc12. The first-order valence-electron chi connectivity index (χ1n) is 11.9. The number of carbonyl (C=O) groups excluding carboxylic acids is 2. The Kier molecular flexibility index (Phi) is 5.61. The molecule has 1 N–H and O–H groups in total. The molecule has 1 aliphatic heterocycles. The summed E-state index contributed by atoms with van der Waals surface area (Å²) in [5.74, 6) is -1.06. The van der Waals surface area contributed by atoms with Crippen LogP contribution in [0.15, 0.2) is 88.0 Å². The van der Waals surface area contributed by atoms with E-state index in [1.807, 2.05) is 48.8 Å². The predicted molar refractivity (Wildman–Crippen MR) is 142 cm³/mol. The highest BCUT2D eigenvalue weighted by Crippen LogP contribution is 2.42. The molecule has 0 saturated carbocycles. The fraction of sp³-hybridized carbons (Fsp3) is 0.172. The Morgan fingerprint density at radius 2 is 1.97 bits per heavy atom. The molecule has 0 bridgehead atoms. The molecule has 6 rings (SSSR count). The molecule has 1 aliphatic rings. The van der Waals surface area contributed by atoms with Gasteiger partial charge < -0.3 is 23.7 Å². The van der Waals surface area contributed by atoms with Gasteiger partial charge in [0, 0.05) is 41.0 Å². The smallest absolute Gasteiger partial charge is 0.290 e. The number of methoxy groups -OCH3 is 1. The average molecular weight is 513 g/mol. The van der Waals surface area contributed by atoms with E-state index in [2.05, 4.69) is 22.9 Å². The van der Waals surface area contributed by atoms with E-state index in [0.717, 1.165) is 21.3 Å². The molecule has 1 amide bonds. The van der Waals surface area contributed by atoms with Gasteiger partial charge in [0.15, 0.2) is 22.9 Å². The molecule has 3 aromatic heterocycles. The van der Waals surface area contributed by atoms with Gasteiger partial charge in [0.05, 0.1) is 18.7 Å². The van der Waals surface area contributed by atoms with Crippen molar-refractivity contribution in [2.75, 3.05) is 13.7 Å². The quantitative estimate of drug-likeness (QED) is 0.278. The summed E-state index contributed by atoms with van der Waals surface area (Å²) in [6.07, 6.45) is 2.64. The number of thiophene rings is 1. The highest BCUT2D eigenvalue weighted by Gasteiger charge is 2.45. The summed E-state index contributed by atoms with van der Waals surface area (Å²) in [5, 5.41) is 14.7. The largest absolute Gasteiger partial charge is 0.503 e. The molecule has 2 aromatic carbocycles. The van der Waals surface area contributed by atoms with Crippen molar-refractivity contribution in [2.45, 2.75) is 12.5 Å². The third-order valence-electron chi connectivity index (χ3n) is 6.91. The van der Waals surface area contributed by atoms with Gasteiger partial charge in [-0.15, -0.1) is 11.3 Å². The number of aromatic nitrogens is 1. The van der Waals surface area contributed by atoms with Crippen LogP contribution in [0.2, 0.25) is 0 Å². The first-order valence-corrected chi connectivity index (χ1v) is 12.8. The normalized spacial score (nSPS) is 15.9. The summed E-state index contributed by atoms with van der Waals surface area (Å²) in [6, 6.07) is 18.2. The topological polar surface area (TPSA) is 84.9 Å². The zero-order valence-corrected chi connectivity index (χ0v) is 21.1. The van der Waals surface area contributed by atoms with Crippen molar-refractivity contribution in [2.24, 2.45) is 7.05 Å². The lowest BCUT2D eigenvalue weighted by Crippen LogP contribution is -2.32. The number of furan rings is 1. The lowest BCUT2D eigenvalue weighted by molar-refractivity contribution is -0.129. The summed E-state index contributed by atoms with van der Waals surface area (Å²) in [7, 11) is 3.53. The Balaban J connectivity index is 1.36. The minimum atomic E-state index is -0.704. The van der Waals surface area contributed by atoms with E-state index in [-0.39, 0.29) is 11.3 Å². The molecule has 8 heteroatoms. The van der Waals surface area contributed by atoms with Crippen molar-refractivity contribution >= 4 is 44.9 Å². The molecule has 4 heterocycles. The molecule has 0 saturated heterocycles. The lowest BCUT2D eigenvalue weighted by atomic mass is 10.00. The maximum atomic E-state index is 13.7. The Morgan fingerprint density at radius 3 is 2.76 bits per heavy atom. The van der Waals surface area contributed by atoms with Crippen LogP contribution < -0.4 is 4.74 Å². The minimum absolute atomic E-state index is 0.0309. The van der Waals surface area contributed by atoms with Crippen LogP contribution >= 0.6 is 11.3 Å². The first kappa shape index (κ1) is 23.1. The second kappa shape index (κ2) is 8.97. The van der Waals surface area contributed by atoms with Crippen molar-refractivity contribution in [3.05, 3.63) is 99.8 Å². The van der Waals surface area contributed by atoms with E-state index < -0.39 is 23.5 Å². The van der Waals surface area contributed by atoms with E-state index in [1.54, 1.807) is 17.0 Å². The van der Waals surface area contributed by atoms with Gasteiger partial charge in [-0.05, 0) is 41.6 Å². The van der Waals surface area contributed by atoms with Crippen molar-refractivity contribution < 1.29 is 23.8 Å². The maximum absolute atomic E-state index is 13.7. The van der Waals surface area contributed by atoms with Crippen LogP contribution in [0.3, 0.4) is 0 Å². The maximum Gasteiger partial charge on any atom is 0.290 e. The fourth-order valence-electron chi connectivity index (χ4n) is 5.17. The van der Waals surface area contributed by atoms with Crippen LogP contribution in [0.25, 0.3) is 21.9 Å². The Morgan fingerprint density at radius 1 is 1.14 bits per heavy atom. The highest BCUT2D eigenvalue weighted by atomic mass is 32.1. The molecule has 0 spiro atoms. The Labute approximate surface area is 216 Å². The second-order valence-electron chi connectivity index (χ2n) is 9.03. The standard InChI is InChI=1S/C29H24N2O5S/c1-30-16-18(19-8-3-4-9-20(19)30)12-13-31-25(23-11-6-14-37-23)24(27(33)29(31)34)26(32)22-15-17-7-5-10-21(35-2)28(17)36-22/h3-11,14-16,25,33H,12-13H2,1-2H3. The molecule has 1 atom stereocenters. The molecule has 0 aliphatic carbocycles. The van der Waals surface area contributed by atoms with Crippen LogP contribution in [0, 0.1) is 0 Å². The zero-order chi connectivity index (χ0) is 25.7. The number of aliphatic hydroxyl groups excluding tert-OH is 1. The predicted octanol–water partition coefficient (Wildman–Crippen LogP) is 5.82. The number of hydrogen-bond donors (Lipinski definition) is 1. The van der Waals surface area contributed by atoms with Crippen LogP contribution in [0.1, 0.15) is 27.0 Å². The summed E-state index contributed by atoms with van der Waals surface area (Å²) in [4.78, 5) is 29.5. The Hall–Kier alpha value is -4.30. The number of nitrogens with zero attached hydrogens (tertiary/aromatic N) is 2. The number of ketones is 1. The summed E-state index contributed by atoms with van der Waals surface area (Å²) in [5.41, 5.74) is 2.68. The molecule has 5 aromatic rings. The number of amides is 1. The van der Waals surface area contributed by atoms with Gasteiger partial charge in [0.25, 0.3) is 5.91 Å². The van der Waals surface area contributed by atoms with Gasteiger partial charge in [-0.3, -0.25) is 9.59 Å². The van der Waals surface area contributed by atoms with Gasteiger partial charge in [-0.1, -0.05) is 36.4 Å². The van der Waals surface area contributed by atoms with Crippen LogP contribution in [0.4, 0.5) is 0 Å². The number of rotatable bonds is 7. The number of ether oxygens (including phenoxy) is 1. The van der Waals surface area contributed by atoms with Gasteiger partial charge in [0.2, 0.25) is 5.78 Å². The third kappa shape index (κ3) is 3.72. The minimum Gasteiger partial charge on any atom is -0.503 e. The van der Waals surface area contributed by atoms with Crippen LogP contribution in [-0.4, -0.2) is 39.9 Å². The van der Waals surface area contributed by atoms with Gasteiger partial charge in [-0.25, -0.2) is 0 Å². The number of Topliss-reactive ketones (excluding diaryl/α,β-unsaturated/α-hetero) is 1. The molecule has 0 radical (unpaired) electrons. The highest BCUT2D eigenvalue weighted by molar-refractivity contribution is 7.10. The number of carbonyl (C=O) groups is 2. The molecule has 0 fully saturated rings. The third-order valence-corrected chi connectivity index (χ3v) is 7.84. The average Bonchev–Trinajstić information content (AvgIpc) is 3.69. The first-order chi connectivity index (χ1) is 18.0. The van der Waals surface area contributed by atoms with Crippen molar-refractivity contribution in [3.63, 3.8) is 0 Å². The number of fused-ring (bicyclic) bond motifs is 2. The second-order valence-corrected chi connectivity index (χ2v) is 10.0. The summed E-state index contributed by atoms with van der Waals surface area (Å²) < 4.78 is 13.3. The number of benzene rings is 2. The molecule has 37 heavy (non-hydrogen) atoms.